The van der Waals surface area contributed by atoms with Crippen LogP contribution in [0.3, 0.4) is 0 Å². The van der Waals surface area contributed by atoms with Crippen molar-refractivity contribution < 1.29 is 18.7 Å². The molecule has 0 radical (unpaired) electrons. The van der Waals surface area contributed by atoms with Gasteiger partial charge in [0.15, 0.2) is 12.4 Å². The van der Waals surface area contributed by atoms with Crippen LogP contribution in [0.1, 0.15) is 21.7 Å². The Morgan fingerprint density at radius 2 is 1.68 bits per heavy atom. The molecule has 1 aromatic heterocycles. The first kappa shape index (κ1) is 20.2. The van der Waals surface area contributed by atoms with Gasteiger partial charge in [0.05, 0.1) is 0 Å². The van der Waals surface area contributed by atoms with Gasteiger partial charge in [-0.15, -0.1) is 0 Å². The largest absolute Gasteiger partial charge is 0.484 e. The summed E-state index contributed by atoms with van der Waals surface area (Å²) in [7, 11) is 0. The van der Waals surface area contributed by atoms with Gasteiger partial charge in [0.2, 0.25) is 0 Å². The SMILES string of the molecule is Cc1ccc(OCC(=O)Nc2ccc(NC(=O)c3cc4ccccc4o3)c(C)c2)cc1. The molecule has 0 bridgehead atoms. The first-order valence-electron chi connectivity index (χ1n) is 9.88. The highest BCUT2D eigenvalue weighted by Gasteiger charge is 2.14. The summed E-state index contributed by atoms with van der Waals surface area (Å²) in [6, 6.07) is 21.9. The lowest BCUT2D eigenvalue weighted by molar-refractivity contribution is -0.118. The fourth-order valence-corrected chi connectivity index (χ4v) is 3.14. The van der Waals surface area contributed by atoms with Crippen molar-refractivity contribution in [1.29, 1.82) is 0 Å². The number of para-hydroxylation sites is 1. The van der Waals surface area contributed by atoms with Crippen LogP contribution in [0.4, 0.5) is 11.4 Å². The smallest absolute Gasteiger partial charge is 0.291 e. The zero-order valence-corrected chi connectivity index (χ0v) is 17.3. The zero-order valence-electron chi connectivity index (χ0n) is 17.3. The molecule has 156 valence electrons. The molecule has 0 saturated carbocycles. The maximum Gasteiger partial charge on any atom is 0.291 e. The number of benzene rings is 3. The molecule has 31 heavy (non-hydrogen) atoms. The fraction of sp³-hybridized carbons (Fsp3) is 0.120. The third-order valence-corrected chi connectivity index (χ3v) is 4.80. The summed E-state index contributed by atoms with van der Waals surface area (Å²) in [4.78, 5) is 24.7. The molecule has 0 spiro atoms. The second-order valence-electron chi connectivity index (χ2n) is 7.28. The maximum absolute atomic E-state index is 12.5. The van der Waals surface area contributed by atoms with E-state index in [0.29, 0.717) is 22.7 Å². The molecule has 1 heterocycles. The van der Waals surface area contributed by atoms with Crippen LogP contribution >= 0.6 is 0 Å². The lowest BCUT2D eigenvalue weighted by Gasteiger charge is -2.11. The summed E-state index contributed by atoms with van der Waals surface area (Å²) in [5, 5.41) is 6.52. The van der Waals surface area contributed by atoms with Crippen LogP contribution in [0.15, 0.2) is 77.2 Å². The van der Waals surface area contributed by atoms with Gasteiger partial charge in [-0.3, -0.25) is 9.59 Å². The van der Waals surface area contributed by atoms with E-state index in [-0.39, 0.29) is 24.2 Å². The van der Waals surface area contributed by atoms with Crippen molar-refractivity contribution in [2.24, 2.45) is 0 Å². The van der Waals surface area contributed by atoms with Crippen LogP contribution in [-0.4, -0.2) is 18.4 Å². The van der Waals surface area contributed by atoms with E-state index in [4.69, 9.17) is 9.15 Å². The summed E-state index contributed by atoms with van der Waals surface area (Å²) >= 11 is 0. The van der Waals surface area contributed by atoms with Gasteiger partial charge in [0.1, 0.15) is 11.3 Å². The van der Waals surface area contributed by atoms with Crippen LogP contribution in [0.25, 0.3) is 11.0 Å². The molecule has 4 aromatic rings. The van der Waals surface area contributed by atoms with Crippen molar-refractivity contribution in [2.45, 2.75) is 13.8 Å². The van der Waals surface area contributed by atoms with Crippen molar-refractivity contribution >= 4 is 34.2 Å². The Balaban J connectivity index is 1.36. The summed E-state index contributed by atoms with van der Waals surface area (Å²) in [6.45, 7) is 3.75. The van der Waals surface area contributed by atoms with Gasteiger partial charge in [-0.05, 0) is 61.9 Å². The molecule has 2 N–H and O–H groups in total. The van der Waals surface area contributed by atoms with Gasteiger partial charge in [-0.25, -0.2) is 0 Å². The number of rotatable bonds is 6. The number of nitrogens with one attached hydrogen (secondary N) is 2. The number of ether oxygens (including phenoxy) is 1. The predicted octanol–water partition coefficient (Wildman–Crippen LogP) is 5.32. The highest BCUT2D eigenvalue weighted by Crippen LogP contribution is 2.23. The molecule has 0 aliphatic rings. The molecule has 6 nitrogen and oxygen atoms in total. The number of aryl methyl sites for hydroxylation is 2. The Bertz CT molecular complexity index is 1210. The van der Waals surface area contributed by atoms with Crippen LogP contribution < -0.4 is 15.4 Å². The number of anilines is 2. The lowest BCUT2D eigenvalue weighted by atomic mass is 10.1. The van der Waals surface area contributed by atoms with Gasteiger partial charge in [-0.1, -0.05) is 35.9 Å². The minimum absolute atomic E-state index is 0.0906. The first-order chi connectivity index (χ1) is 15.0. The Morgan fingerprint density at radius 3 is 2.42 bits per heavy atom. The molecule has 6 heteroatoms. The Hall–Kier alpha value is -4.06. The van der Waals surface area contributed by atoms with Crippen LogP contribution in [0, 0.1) is 13.8 Å². The van der Waals surface area contributed by atoms with E-state index in [2.05, 4.69) is 10.6 Å². The number of furan rings is 1. The van der Waals surface area contributed by atoms with Crippen LogP contribution in [0.5, 0.6) is 5.75 Å². The standard InChI is InChI=1S/C25H22N2O4/c1-16-7-10-20(11-8-16)30-15-24(28)26-19-9-12-21(17(2)13-19)27-25(29)23-14-18-5-3-4-6-22(18)31-23/h3-14H,15H2,1-2H3,(H,26,28)(H,27,29). The zero-order chi connectivity index (χ0) is 21.8. The predicted molar refractivity (Wildman–Crippen MR) is 121 cm³/mol. The Kier molecular flexibility index (Phi) is 5.71. The number of fused-ring (bicyclic) bond motifs is 1. The summed E-state index contributed by atoms with van der Waals surface area (Å²) in [5.41, 5.74) is 3.85. The number of carbonyl (C=O) groups excluding carboxylic acids is 2. The number of hydrogen-bond donors (Lipinski definition) is 2. The molecule has 2 amide bonds. The molecule has 4 rings (SSSR count). The quantitative estimate of drug-likeness (QED) is 0.447. The molecule has 0 aliphatic heterocycles. The van der Waals surface area contributed by atoms with Crippen molar-refractivity contribution in [3.8, 4) is 5.75 Å². The summed E-state index contributed by atoms with van der Waals surface area (Å²) in [5.74, 6) is 0.286. The van der Waals surface area contributed by atoms with Crippen molar-refractivity contribution in [2.75, 3.05) is 17.2 Å². The van der Waals surface area contributed by atoms with Gasteiger partial charge in [-0.2, -0.15) is 0 Å². The van der Waals surface area contributed by atoms with E-state index in [0.717, 1.165) is 16.5 Å². The fourth-order valence-electron chi connectivity index (χ4n) is 3.14. The van der Waals surface area contributed by atoms with Crippen molar-refractivity contribution in [3.63, 3.8) is 0 Å². The summed E-state index contributed by atoms with van der Waals surface area (Å²) < 4.78 is 11.1. The molecule has 3 aromatic carbocycles. The second kappa shape index (κ2) is 8.75. The van der Waals surface area contributed by atoms with E-state index in [1.807, 2.05) is 62.4 Å². The highest BCUT2D eigenvalue weighted by atomic mass is 16.5. The Morgan fingerprint density at radius 1 is 0.903 bits per heavy atom. The van der Waals surface area contributed by atoms with Crippen molar-refractivity contribution in [1.82, 2.24) is 0 Å². The molecular formula is C25H22N2O4. The minimum Gasteiger partial charge on any atom is -0.484 e. The highest BCUT2D eigenvalue weighted by molar-refractivity contribution is 6.05. The first-order valence-corrected chi connectivity index (χ1v) is 9.88. The van der Waals surface area contributed by atoms with E-state index in [1.165, 1.54) is 0 Å². The molecule has 0 saturated heterocycles. The van der Waals surface area contributed by atoms with Crippen LogP contribution in [0.2, 0.25) is 0 Å². The third-order valence-electron chi connectivity index (χ3n) is 4.80. The lowest BCUT2D eigenvalue weighted by Crippen LogP contribution is -2.20. The van der Waals surface area contributed by atoms with E-state index in [9.17, 15) is 9.59 Å². The number of carbonyl (C=O) groups is 2. The van der Waals surface area contributed by atoms with Gasteiger partial charge in [0, 0.05) is 16.8 Å². The minimum atomic E-state index is -0.331. The molecular weight excluding hydrogens is 392 g/mol. The topological polar surface area (TPSA) is 80.6 Å². The Labute approximate surface area is 179 Å². The van der Waals surface area contributed by atoms with Gasteiger partial charge in [0.25, 0.3) is 11.8 Å². The molecule has 0 atom stereocenters. The van der Waals surface area contributed by atoms with E-state index >= 15 is 0 Å². The van der Waals surface area contributed by atoms with E-state index in [1.54, 1.807) is 24.3 Å². The third kappa shape index (κ3) is 4.93. The average Bonchev–Trinajstić information content (AvgIpc) is 3.20. The number of hydrogen-bond acceptors (Lipinski definition) is 4. The molecule has 0 unspecified atom stereocenters. The molecule has 0 fully saturated rings. The van der Waals surface area contributed by atoms with Gasteiger partial charge < -0.3 is 19.8 Å². The van der Waals surface area contributed by atoms with Gasteiger partial charge >= 0.3 is 0 Å². The van der Waals surface area contributed by atoms with E-state index < -0.39 is 0 Å². The summed E-state index contributed by atoms with van der Waals surface area (Å²) in [6.07, 6.45) is 0. The average molecular weight is 414 g/mol. The molecule has 0 aliphatic carbocycles. The number of amides is 2. The second-order valence-corrected chi connectivity index (χ2v) is 7.28. The monoisotopic (exact) mass is 414 g/mol. The maximum atomic E-state index is 12.5. The normalized spacial score (nSPS) is 10.6. The van der Waals surface area contributed by atoms with Crippen molar-refractivity contribution in [3.05, 3.63) is 89.7 Å². The van der Waals surface area contributed by atoms with Crippen LogP contribution in [-0.2, 0) is 4.79 Å².